The van der Waals surface area contributed by atoms with E-state index in [1.54, 1.807) is 37.4 Å². The number of likely N-dealkylation sites (tertiary alicyclic amines) is 1. The van der Waals surface area contributed by atoms with Crippen LogP contribution >= 0.6 is 0 Å². The molecule has 1 saturated carbocycles. The third-order valence-electron chi connectivity index (χ3n) is 6.18. The summed E-state index contributed by atoms with van der Waals surface area (Å²) >= 11 is 0. The van der Waals surface area contributed by atoms with Gasteiger partial charge in [0.2, 0.25) is 5.91 Å². The highest BCUT2D eigenvalue weighted by Crippen LogP contribution is 2.49. The average Bonchev–Trinajstić information content (AvgIpc) is 3.41. The monoisotopic (exact) mass is 435 g/mol. The summed E-state index contributed by atoms with van der Waals surface area (Å²) in [7, 11) is 0. The van der Waals surface area contributed by atoms with E-state index in [-0.39, 0.29) is 11.3 Å². The van der Waals surface area contributed by atoms with Crippen molar-refractivity contribution in [3.8, 4) is 22.8 Å². The van der Waals surface area contributed by atoms with Crippen molar-refractivity contribution in [2.24, 2.45) is 12.4 Å². The number of nitrogens with one attached hydrogen (secondary N) is 1. The molecule has 1 aliphatic heterocycles. The van der Waals surface area contributed by atoms with Gasteiger partial charge < -0.3 is 4.74 Å². The Hall–Kier alpha value is -3.75. The number of anilines is 1. The second-order valence-electron chi connectivity index (χ2n) is 8.20. The molecular weight excluding hydrogens is 408 g/mol. The van der Waals surface area contributed by atoms with E-state index in [1.807, 2.05) is 0 Å². The summed E-state index contributed by atoms with van der Waals surface area (Å²) in [5.41, 5.74) is 1.26. The molecule has 0 unspecified atom stereocenters. The zero-order valence-corrected chi connectivity index (χ0v) is 17.5. The van der Waals surface area contributed by atoms with Gasteiger partial charge in [-0.15, -0.1) is 0 Å². The molecule has 0 bridgehead atoms. The van der Waals surface area contributed by atoms with Crippen molar-refractivity contribution >= 4 is 17.8 Å². The molecule has 1 spiro atoms. The molecule has 0 radical (unpaired) electrons. The summed E-state index contributed by atoms with van der Waals surface area (Å²) in [5.74, 6) is 1.20. The van der Waals surface area contributed by atoms with Crippen LogP contribution in [0.15, 0.2) is 42.9 Å². The van der Waals surface area contributed by atoms with Crippen LogP contribution < -0.4 is 10.1 Å². The highest BCUT2D eigenvalue weighted by atomic mass is 16.5. The molecule has 3 amide bonds. The maximum atomic E-state index is 12.6. The maximum absolute atomic E-state index is 12.6. The van der Waals surface area contributed by atoms with Crippen LogP contribution in [0.4, 0.5) is 10.6 Å². The van der Waals surface area contributed by atoms with Crippen molar-refractivity contribution < 1.29 is 18.4 Å². The molecule has 32 heavy (non-hydrogen) atoms. The summed E-state index contributed by atoms with van der Waals surface area (Å²) in [5, 5.41) is 6.59. The Morgan fingerprint density at radius 2 is 2.16 bits per heavy atom. The molecule has 2 aliphatic rings. The van der Waals surface area contributed by atoms with Crippen LogP contribution in [0.25, 0.3) is 11.3 Å². The van der Waals surface area contributed by atoms with Crippen molar-refractivity contribution in [2.45, 2.75) is 32.6 Å². The van der Waals surface area contributed by atoms with E-state index < -0.39 is 13.0 Å². The average molecular weight is 436 g/mol. The molecule has 5 rings (SSSR count). The molecule has 9 nitrogen and oxygen atoms in total. The predicted octanol–water partition coefficient (Wildman–Crippen LogP) is 3.91. The van der Waals surface area contributed by atoms with E-state index >= 15 is 0 Å². The third-order valence-corrected chi connectivity index (χ3v) is 6.18. The first-order valence-electron chi connectivity index (χ1n) is 11.9. The van der Waals surface area contributed by atoms with Crippen molar-refractivity contribution in [3.05, 3.63) is 48.5 Å². The lowest BCUT2D eigenvalue weighted by atomic mass is 9.68. The molecule has 2 fully saturated rings. The van der Waals surface area contributed by atoms with E-state index in [0.717, 1.165) is 30.4 Å². The fourth-order valence-electron chi connectivity index (χ4n) is 4.20. The topological polar surface area (TPSA) is 102 Å². The normalized spacial score (nSPS) is 18.6. The number of aromatic nitrogens is 4. The number of nitrogens with zero attached hydrogens (tertiary/aromatic N) is 5. The summed E-state index contributed by atoms with van der Waals surface area (Å²) in [6.45, 7) is -0.189. The number of pyridine rings is 2. The Balaban J connectivity index is 1.26. The Morgan fingerprint density at radius 1 is 1.28 bits per heavy atom. The maximum Gasteiger partial charge on any atom is 0.329 e. The van der Waals surface area contributed by atoms with Crippen molar-refractivity contribution in [1.82, 2.24) is 24.6 Å². The van der Waals surface area contributed by atoms with Gasteiger partial charge in [0.1, 0.15) is 17.3 Å². The van der Waals surface area contributed by atoms with Gasteiger partial charge in [-0.2, -0.15) is 5.10 Å². The molecule has 1 aliphatic carbocycles. The van der Waals surface area contributed by atoms with E-state index in [0.29, 0.717) is 40.8 Å². The van der Waals surface area contributed by atoms with Gasteiger partial charge in [0.25, 0.3) is 0 Å². The molecule has 1 N–H and O–H groups in total. The Bertz CT molecular complexity index is 1300. The lowest BCUT2D eigenvalue weighted by Gasteiger charge is -2.35. The minimum atomic E-state index is -2.37. The van der Waals surface area contributed by atoms with E-state index in [9.17, 15) is 9.59 Å². The molecule has 3 aromatic rings. The van der Waals surface area contributed by atoms with Gasteiger partial charge in [-0.1, -0.05) is 6.42 Å². The first-order chi connectivity index (χ1) is 16.6. The number of aryl methyl sites for hydroxylation is 2. The SMILES string of the molecule is [2H]C([2H])([2H])n1cc(-c2cc(Oc3ccc(NC(=O)N4CCC5(CCC5)C4=O)nc3C)ccn2)cn1. The fraction of sp³-hybridized carbons (Fsp3) is 0.348. The van der Waals surface area contributed by atoms with E-state index in [2.05, 4.69) is 20.4 Å². The molecule has 4 heterocycles. The number of ether oxygens (including phenoxy) is 1. The minimum absolute atomic E-state index is 0.0872. The van der Waals surface area contributed by atoms with Crippen LogP contribution in [0.3, 0.4) is 0 Å². The number of carbonyl (C=O) groups excluding carboxylic acids is 2. The molecule has 0 atom stereocenters. The quantitative estimate of drug-likeness (QED) is 0.667. The highest BCUT2D eigenvalue weighted by molar-refractivity contribution is 6.04. The molecule has 9 heteroatoms. The van der Waals surface area contributed by atoms with Gasteiger partial charge in [0.05, 0.1) is 23.0 Å². The number of hydrogen-bond acceptors (Lipinski definition) is 6. The number of hydrogen-bond donors (Lipinski definition) is 1. The lowest BCUT2D eigenvalue weighted by Crippen LogP contribution is -2.43. The zero-order valence-electron chi connectivity index (χ0n) is 20.5. The van der Waals surface area contributed by atoms with Crippen molar-refractivity contribution in [1.29, 1.82) is 0 Å². The van der Waals surface area contributed by atoms with Crippen LogP contribution in [0.5, 0.6) is 11.5 Å². The fourth-order valence-corrected chi connectivity index (χ4v) is 4.20. The Labute approximate surface area is 189 Å². The second kappa shape index (κ2) is 7.74. The van der Waals surface area contributed by atoms with Gasteiger partial charge in [0, 0.05) is 41.7 Å². The van der Waals surface area contributed by atoms with Crippen molar-refractivity contribution in [2.75, 3.05) is 11.9 Å². The minimum Gasteiger partial charge on any atom is -0.455 e. The lowest BCUT2D eigenvalue weighted by molar-refractivity contribution is -0.137. The van der Waals surface area contributed by atoms with Crippen molar-refractivity contribution in [3.63, 3.8) is 0 Å². The number of amides is 3. The van der Waals surface area contributed by atoms with Gasteiger partial charge in [0.15, 0.2) is 0 Å². The smallest absolute Gasteiger partial charge is 0.329 e. The molecular formula is C23H24N6O3. The zero-order chi connectivity index (χ0) is 24.8. The van der Waals surface area contributed by atoms with Crippen LogP contribution in [0.2, 0.25) is 0 Å². The molecule has 1 saturated heterocycles. The van der Waals surface area contributed by atoms with Gasteiger partial charge >= 0.3 is 6.03 Å². The van der Waals surface area contributed by atoms with Gasteiger partial charge in [-0.05, 0) is 44.4 Å². The number of urea groups is 1. The first kappa shape index (κ1) is 16.9. The Kier molecular flexibility index (Phi) is 4.08. The van der Waals surface area contributed by atoms with Gasteiger partial charge in [-0.3, -0.25) is 24.7 Å². The largest absolute Gasteiger partial charge is 0.455 e. The molecule has 3 aromatic heterocycles. The highest BCUT2D eigenvalue weighted by Gasteiger charge is 2.52. The van der Waals surface area contributed by atoms with Crippen LogP contribution in [-0.2, 0) is 11.8 Å². The van der Waals surface area contributed by atoms with E-state index in [4.69, 9.17) is 8.85 Å². The Morgan fingerprint density at radius 3 is 2.84 bits per heavy atom. The third kappa shape index (κ3) is 3.59. The standard InChI is InChI=1S/C23H24N6O3/c1-15-19(32-17-6-10-24-18(12-17)16-13-25-28(2)14-16)4-5-20(26-15)27-22(31)29-11-9-23(21(29)30)7-3-8-23/h4-6,10,12-14H,3,7-9,11H2,1-2H3,(H,26,27,31)/i2D3. The second-order valence-corrected chi connectivity index (χ2v) is 8.20. The summed E-state index contributed by atoms with van der Waals surface area (Å²) in [6.07, 6.45) is 7.87. The molecule has 164 valence electrons. The van der Waals surface area contributed by atoms with E-state index in [1.165, 1.54) is 17.3 Å². The predicted molar refractivity (Wildman–Crippen MR) is 117 cm³/mol. The summed E-state index contributed by atoms with van der Waals surface area (Å²) in [4.78, 5) is 35.2. The van der Waals surface area contributed by atoms with Crippen LogP contribution in [0, 0.1) is 12.3 Å². The van der Waals surface area contributed by atoms with Crippen LogP contribution in [0.1, 0.15) is 35.5 Å². The number of carbonyl (C=O) groups is 2. The summed E-state index contributed by atoms with van der Waals surface area (Å²) in [6, 6.07) is 6.18. The number of rotatable bonds is 4. The molecule has 0 aromatic carbocycles. The van der Waals surface area contributed by atoms with Gasteiger partial charge in [-0.25, -0.2) is 9.78 Å². The van der Waals surface area contributed by atoms with Crippen LogP contribution in [-0.4, -0.2) is 43.1 Å². The summed E-state index contributed by atoms with van der Waals surface area (Å²) < 4.78 is 29.2. The first-order valence-corrected chi connectivity index (χ1v) is 10.4. The number of imide groups is 1.